The third-order valence-corrected chi connectivity index (χ3v) is 5.59. The Kier molecular flexibility index (Phi) is 7.33. The van der Waals surface area contributed by atoms with Crippen molar-refractivity contribution in [2.24, 2.45) is 0 Å². The fourth-order valence-corrected chi connectivity index (χ4v) is 3.77. The number of rotatable bonds is 10. The van der Waals surface area contributed by atoms with Gasteiger partial charge in [0.2, 0.25) is 0 Å². The predicted octanol–water partition coefficient (Wildman–Crippen LogP) is 5.55. The SMILES string of the molecule is CCCCNC(=O)c1c(C)oc2cc(Oc3ccnc4cc(OCCN(C)C)ccc34)ccc12. The van der Waals surface area contributed by atoms with E-state index in [0.29, 0.717) is 41.6 Å². The van der Waals surface area contributed by atoms with Crippen molar-refractivity contribution >= 4 is 27.8 Å². The molecule has 0 spiro atoms. The average molecular weight is 462 g/mol. The molecule has 7 heteroatoms. The van der Waals surface area contributed by atoms with Gasteiger partial charge in [-0.3, -0.25) is 9.78 Å². The third kappa shape index (κ3) is 5.31. The molecule has 34 heavy (non-hydrogen) atoms. The first-order valence-corrected chi connectivity index (χ1v) is 11.6. The first-order chi connectivity index (χ1) is 16.5. The van der Waals surface area contributed by atoms with Crippen LogP contribution in [-0.4, -0.2) is 49.6 Å². The van der Waals surface area contributed by atoms with Gasteiger partial charge >= 0.3 is 0 Å². The first kappa shape index (κ1) is 23.6. The summed E-state index contributed by atoms with van der Waals surface area (Å²) in [7, 11) is 4.03. The highest BCUT2D eigenvalue weighted by Gasteiger charge is 2.18. The lowest BCUT2D eigenvalue weighted by molar-refractivity contribution is 0.0953. The smallest absolute Gasteiger partial charge is 0.255 e. The summed E-state index contributed by atoms with van der Waals surface area (Å²) in [5.41, 5.74) is 1.99. The maximum absolute atomic E-state index is 12.6. The van der Waals surface area contributed by atoms with Gasteiger partial charge in [0.25, 0.3) is 5.91 Å². The summed E-state index contributed by atoms with van der Waals surface area (Å²) in [6.07, 6.45) is 3.69. The Morgan fingerprint density at radius 3 is 2.68 bits per heavy atom. The van der Waals surface area contributed by atoms with Crippen LogP contribution in [0.2, 0.25) is 0 Å². The second kappa shape index (κ2) is 10.6. The zero-order chi connectivity index (χ0) is 24.1. The van der Waals surface area contributed by atoms with Crippen molar-refractivity contribution in [3.8, 4) is 17.2 Å². The molecule has 0 bridgehead atoms. The number of hydrogen-bond acceptors (Lipinski definition) is 6. The van der Waals surface area contributed by atoms with Crippen LogP contribution >= 0.6 is 0 Å². The van der Waals surface area contributed by atoms with Crippen LogP contribution in [0.5, 0.6) is 17.2 Å². The van der Waals surface area contributed by atoms with Crippen LogP contribution in [0.4, 0.5) is 0 Å². The van der Waals surface area contributed by atoms with Gasteiger partial charge in [0.15, 0.2) is 0 Å². The molecule has 1 amide bonds. The molecule has 4 rings (SSSR count). The summed E-state index contributed by atoms with van der Waals surface area (Å²) < 4.78 is 17.9. The minimum absolute atomic E-state index is 0.109. The highest BCUT2D eigenvalue weighted by Crippen LogP contribution is 2.34. The maximum Gasteiger partial charge on any atom is 0.255 e. The maximum atomic E-state index is 12.6. The van der Waals surface area contributed by atoms with Crippen molar-refractivity contribution in [3.63, 3.8) is 0 Å². The Hall–Kier alpha value is -3.58. The van der Waals surface area contributed by atoms with E-state index in [0.717, 1.165) is 41.4 Å². The molecule has 2 aromatic heterocycles. The second-order valence-corrected chi connectivity index (χ2v) is 8.54. The van der Waals surface area contributed by atoms with Crippen LogP contribution in [0.15, 0.2) is 53.1 Å². The van der Waals surface area contributed by atoms with Gasteiger partial charge in [0.1, 0.15) is 35.2 Å². The molecule has 0 saturated carbocycles. The lowest BCUT2D eigenvalue weighted by atomic mass is 10.1. The van der Waals surface area contributed by atoms with E-state index in [9.17, 15) is 4.79 Å². The number of benzene rings is 2. The number of aromatic nitrogens is 1. The van der Waals surface area contributed by atoms with Crippen molar-refractivity contribution in [1.29, 1.82) is 0 Å². The summed E-state index contributed by atoms with van der Waals surface area (Å²) in [5, 5.41) is 4.63. The third-order valence-electron chi connectivity index (χ3n) is 5.59. The van der Waals surface area contributed by atoms with Crippen molar-refractivity contribution in [1.82, 2.24) is 15.2 Å². The van der Waals surface area contributed by atoms with E-state index in [1.807, 2.05) is 63.5 Å². The van der Waals surface area contributed by atoms with Crippen LogP contribution < -0.4 is 14.8 Å². The molecule has 0 radical (unpaired) electrons. The highest BCUT2D eigenvalue weighted by molar-refractivity contribution is 6.07. The van der Waals surface area contributed by atoms with Crippen LogP contribution in [-0.2, 0) is 0 Å². The molecule has 0 fully saturated rings. The van der Waals surface area contributed by atoms with Gasteiger partial charge in [-0.2, -0.15) is 0 Å². The zero-order valence-corrected chi connectivity index (χ0v) is 20.2. The second-order valence-electron chi connectivity index (χ2n) is 8.54. The van der Waals surface area contributed by atoms with Crippen molar-refractivity contribution in [3.05, 3.63) is 60.0 Å². The minimum atomic E-state index is -0.109. The van der Waals surface area contributed by atoms with Crippen LogP contribution in [0.25, 0.3) is 21.9 Å². The quantitative estimate of drug-likeness (QED) is 0.312. The Bertz CT molecular complexity index is 1300. The van der Waals surface area contributed by atoms with Crippen LogP contribution in [0.1, 0.15) is 35.9 Å². The monoisotopic (exact) mass is 461 g/mol. The summed E-state index contributed by atoms with van der Waals surface area (Å²) in [6.45, 7) is 6.00. The highest BCUT2D eigenvalue weighted by atomic mass is 16.5. The van der Waals surface area contributed by atoms with Gasteiger partial charge < -0.3 is 24.1 Å². The molecule has 1 N–H and O–H groups in total. The number of furan rings is 1. The van der Waals surface area contributed by atoms with Gasteiger partial charge in [-0.25, -0.2) is 0 Å². The predicted molar refractivity (Wildman–Crippen MR) is 134 cm³/mol. The molecule has 2 heterocycles. The standard InChI is InChI=1S/C27H31N3O4/c1-5-6-12-29-27(31)26-18(2)33-25-17-20(8-10-22(25)26)34-24-11-13-28-23-16-19(7-9-21(23)24)32-15-14-30(3)4/h7-11,13,16-17H,5-6,12,14-15H2,1-4H3,(H,29,31). The summed E-state index contributed by atoms with van der Waals surface area (Å²) in [4.78, 5) is 19.2. The Morgan fingerprint density at radius 1 is 1.09 bits per heavy atom. The lowest BCUT2D eigenvalue weighted by Gasteiger charge is -2.12. The van der Waals surface area contributed by atoms with E-state index in [2.05, 4.69) is 22.1 Å². The zero-order valence-electron chi connectivity index (χ0n) is 20.2. The number of nitrogens with one attached hydrogen (secondary N) is 1. The van der Waals surface area contributed by atoms with E-state index in [4.69, 9.17) is 13.9 Å². The van der Waals surface area contributed by atoms with Crippen molar-refractivity contribution < 1.29 is 18.7 Å². The fraction of sp³-hybridized carbons (Fsp3) is 0.333. The molecule has 0 unspecified atom stereocenters. The topological polar surface area (TPSA) is 76.8 Å². The molecule has 0 aliphatic heterocycles. The van der Waals surface area contributed by atoms with E-state index in [-0.39, 0.29) is 5.91 Å². The summed E-state index contributed by atoms with van der Waals surface area (Å²) in [5.74, 6) is 2.57. The van der Waals surface area contributed by atoms with Gasteiger partial charge in [-0.05, 0) is 57.8 Å². The number of carbonyl (C=O) groups excluding carboxylic acids is 1. The largest absolute Gasteiger partial charge is 0.492 e. The number of ether oxygens (including phenoxy) is 2. The van der Waals surface area contributed by atoms with Gasteiger partial charge in [0.05, 0.1) is 11.1 Å². The Morgan fingerprint density at radius 2 is 1.88 bits per heavy atom. The number of fused-ring (bicyclic) bond motifs is 2. The van der Waals surface area contributed by atoms with E-state index in [1.54, 1.807) is 6.20 Å². The normalized spacial score (nSPS) is 11.3. The molecular weight excluding hydrogens is 430 g/mol. The molecule has 0 saturated heterocycles. The van der Waals surface area contributed by atoms with Crippen LogP contribution in [0.3, 0.4) is 0 Å². The number of hydrogen-bond donors (Lipinski definition) is 1. The summed E-state index contributed by atoms with van der Waals surface area (Å²) in [6, 6.07) is 13.2. The van der Waals surface area contributed by atoms with E-state index in [1.165, 1.54) is 0 Å². The molecular formula is C27H31N3O4. The van der Waals surface area contributed by atoms with Crippen LogP contribution in [0, 0.1) is 6.92 Å². The number of nitrogens with zero attached hydrogens (tertiary/aromatic N) is 2. The van der Waals surface area contributed by atoms with Gasteiger partial charge in [-0.1, -0.05) is 13.3 Å². The molecule has 0 atom stereocenters. The average Bonchev–Trinajstić information content (AvgIpc) is 3.14. The molecule has 0 aliphatic rings. The molecule has 178 valence electrons. The molecule has 0 aliphatic carbocycles. The number of pyridine rings is 1. The van der Waals surface area contributed by atoms with E-state index >= 15 is 0 Å². The summed E-state index contributed by atoms with van der Waals surface area (Å²) >= 11 is 0. The fourth-order valence-electron chi connectivity index (χ4n) is 3.77. The first-order valence-electron chi connectivity index (χ1n) is 11.6. The number of aryl methyl sites for hydroxylation is 1. The Labute approximate surface area is 199 Å². The van der Waals surface area contributed by atoms with Crippen molar-refractivity contribution in [2.75, 3.05) is 33.8 Å². The molecule has 7 nitrogen and oxygen atoms in total. The van der Waals surface area contributed by atoms with Gasteiger partial charge in [0, 0.05) is 42.2 Å². The minimum Gasteiger partial charge on any atom is -0.492 e. The number of carbonyl (C=O) groups is 1. The van der Waals surface area contributed by atoms with E-state index < -0.39 is 0 Å². The number of likely N-dealkylation sites (N-methyl/N-ethyl adjacent to an activating group) is 1. The number of amides is 1. The lowest BCUT2D eigenvalue weighted by Crippen LogP contribution is -2.24. The molecule has 2 aromatic carbocycles. The Balaban J connectivity index is 1.55. The number of unbranched alkanes of at least 4 members (excludes halogenated alkanes) is 1. The molecule has 4 aromatic rings. The van der Waals surface area contributed by atoms with Gasteiger partial charge in [-0.15, -0.1) is 0 Å². The van der Waals surface area contributed by atoms with Crippen molar-refractivity contribution in [2.45, 2.75) is 26.7 Å².